The van der Waals surface area contributed by atoms with Crippen LogP contribution in [0, 0.1) is 0 Å². The molecule has 6 heteroatoms. The molecule has 1 aliphatic heterocycles. The minimum atomic E-state index is -0.0379. The standard InChI is InChI=1S/C19H23N3O3/c1-14(23)16-11-18(20-12-16)19(24)22-9-7-21(8-10-22)13-15-3-5-17(25-2)6-4-15/h3-6,11-12,20H,7-10,13H2,1-2H3/p+1. The molecule has 1 aromatic heterocycles. The molecule has 6 nitrogen and oxygen atoms in total. The number of aromatic nitrogens is 1. The summed E-state index contributed by atoms with van der Waals surface area (Å²) in [6, 6.07) is 9.77. The number of Topliss-reactive ketones (excluding diaryl/α,β-unsaturated/α-hetero) is 1. The largest absolute Gasteiger partial charge is 0.497 e. The first-order valence-electron chi connectivity index (χ1n) is 8.52. The lowest BCUT2D eigenvalue weighted by Gasteiger charge is -2.32. The smallest absolute Gasteiger partial charge is 0.270 e. The fourth-order valence-electron chi connectivity index (χ4n) is 3.13. The van der Waals surface area contributed by atoms with E-state index in [9.17, 15) is 9.59 Å². The number of benzene rings is 1. The number of H-pyrrole nitrogens is 1. The summed E-state index contributed by atoms with van der Waals surface area (Å²) in [5.74, 6) is 0.796. The van der Waals surface area contributed by atoms with E-state index in [2.05, 4.69) is 17.1 Å². The van der Waals surface area contributed by atoms with Crippen LogP contribution >= 0.6 is 0 Å². The molecule has 1 fully saturated rings. The van der Waals surface area contributed by atoms with Crippen molar-refractivity contribution in [2.24, 2.45) is 0 Å². The second-order valence-electron chi connectivity index (χ2n) is 6.43. The van der Waals surface area contributed by atoms with Crippen molar-refractivity contribution in [3.63, 3.8) is 0 Å². The highest BCUT2D eigenvalue weighted by Crippen LogP contribution is 2.11. The number of piperazine rings is 1. The van der Waals surface area contributed by atoms with Crippen molar-refractivity contribution >= 4 is 11.7 Å². The zero-order valence-electron chi connectivity index (χ0n) is 14.7. The molecule has 0 bridgehead atoms. The molecule has 0 atom stereocenters. The Morgan fingerprint density at radius 3 is 2.44 bits per heavy atom. The molecule has 1 saturated heterocycles. The SMILES string of the molecule is COc1ccc(C[NH+]2CCN(C(=O)c3cc(C(C)=O)c[nH]3)CC2)cc1. The zero-order chi connectivity index (χ0) is 17.8. The van der Waals surface area contributed by atoms with Crippen LogP contribution in [0.4, 0.5) is 0 Å². The van der Waals surface area contributed by atoms with Crippen LogP contribution in [0.2, 0.25) is 0 Å². The summed E-state index contributed by atoms with van der Waals surface area (Å²) in [5, 5.41) is 0. The van der Waals surface area contributed by atoms with Crippen LogP contribution in [-0.4, -0.2) is 54.9 Å². The number of carbonyl (C=O) groups is 2. The van der Waals surface area contributed by atoms with E-state index in [4.69, 9.17) is 4.74 Å². The molecule has 2 N–H and O–H groups in total. The van der Waals surface area contributed by atoms with Gasteiger partial charge in [0.25, 0.3) is 5.91 Å². The Morgan fingerprint density at radius 2 is 1.88 bits per heavy atom. The molecule has 0 unspecified atom stereocenters. The van der Waals surface area contributed by atoms with Crippen LogP contribution in [-0.2, 0) is 6.54 Å². The van der Waals surface area contributed by atoms with E-state index in [1.807, 2.05) is 17.0 Å². The van der Waals surface area contributed by atoms with Gasteiger partial charge in [-0.05, 0) is 37.3 Å². The monoisotopic (exact) mass is 342 g/mol. The van der Waals surface area contributed by atoms with Gasteiger partial charge in [-0.25, -0.2) is 0 Å². The first-order valence-corrected chi connectivity index (χ1v) is 8.52. The lowest BCUT2D eigenvalue weighted by atomic mass is 10.2. The Labute approximate surface area is 147 Å². The van der Waals surface area contributed by atoms with E-state index < -0.39 is 0 Å². The molecule has 132 valence electrons. The van der Waals surface area contributed by atoms with Gasteiger partial charge in [0.2, 0.25) is 0 Å². The van der Waals surface area contributed by atoms with Gasteiger partial charge < -0.3 is 19.5 Å². The van der Waals surface area contributed by atoms with E-state index in [0.717, 1.165) is 38.5 Å². The number of rotatable bonds is 5. The third-order valence-electron chi connectivity index (χ3n) is 4.69. The van der Waals surface area contributed by atoms with Crippen molar-refractivity contribution in [1.29, 1.82) is 0 Å². The number of hydrogen-bond donors (Lipinski definition) is 2. The lowest BCUT2D eigenvalue weighted by molar-refractivity contribution is -0.917. The molecule has 0 radical (unpaired) electrons. The average Bonchev–Trinajstić information content (AvgIpc) is 3.13. The molecule has 1 amide bonds. The first-order chi connectivity index (χ1) is 12.1. The van der Waals surface area contributed by atoms with Crippen LogP contribution in [0.15, 0.2) is 36.5 Å². The zero-order valence-corrected chi connectivity index (χ0v) is 14.7. The highest BCUT2D eigenvalue weighted by molar-refractivity contribution is 5.99. The Balaban J connectivity index is 1.53. The number of aromatic amines is 1. The van der Waals surface area contributed by atoms with Gasteiger partial charge in [0.15, 0.2) is 5.78 Å². The van der Waals surface area contributed by atoms with Gasteiger partial charge in [-0.2, -0.15) is 0 Å². The van der Waals surface area contributed by atoms with Gasteiger partial charge in [-0.1, -0.05) is 0 Å². The topological polar surface area (TPSA) is 66.8 Å². The van der Waals surface area contributed by atoms with Crippen LogP contribution < -0.4 is 9.64 Å². The van der Waals surface area contributed by atoms with Gasteiger partial charge in [0.1, 0.15) is 18.0 Å². The number of ketones is 1. The first kappa shape index (κ1) is 17.2. The second-order valence-corrected chi connectivity index (χ2v) is 6.43. The molecule has 0 aliphatic carbocycles. The average molecular weight is 342 g/mol. The Morgan fingerprint density at radius 1 is 1.20 bits per heavy atom. The number of carbonyl (C=O) groups excluding carboxylic acids is 2. The fourth-order valence-corrected chi connectivity index (χ4v) is 3.13. The van der Waals surface area contributed by atoms with E-state index >= 15 is 0 Å². The van der Waals surface area contributed by atoms with Gasteiger partial charge in [0, 0.05) is 17.3 Å². The van der Waals surface area contributed by atoms with Gasteiger partial charge in [-0.3, -0.25) is 9.59 Å². The molecule has 0 spiro atoms. The van der Waals surface area contributed by atoms with Crippen LogP contribution in [0.1, 0.15) is 33.3 Å². The minimum Gasteiger partial charge on any atom is -0.497 e. The maximum absolute atomic E-state index is 12.5. The molecule has 2 aromatic rings. The van der Waals surface area contributed by atoms with Gasteiger partial charge >= 0.3 is 0 Å². The predicted octanol–water partition coefficient (Wildman–Crippen LogP) is 0.767. The number of amides is 1. The number of nitrogens with zero attached hydrogens (tertiary/aromatic N) is 1. The number of quaternary nitrogens is 1. The number of ether oxygens (including phenoxy) is 1. The predicted molar refractivity (Wildman–Crippen MR) is 94.1 cm³/mol. The lowest BCUT2D eigenvalue weighted by Crippen LogP contribution is -3.13. The molecule has 3 rings (SSSR count). The van der Waals surface area contributed by atoms with Crippen molar-refractivity contribution in [3.05, 3.63) is 53.3 Å². The second kappa shape index (κ2) is 7.53. The number of nitrogens with one attached hydrogen (secondary N) is 2. The van der Waals surface area contributed by atoms with Crippen molar-refractivity contribution in [3.8, 4) is 5.75 Å². The van der Waals surface area contributed by atoms with E-state index in [1.54, 1.807) is 19.4 Å². The fraction of sp³-hybridized carbons (Fsp3) is 0.368. The molecule has 1 aliphatic rings. The van der Waals surface area contributed by atoms with Crippen LogP contribution in [0.25, 0.3) is 0 Å². The van der Waals surface area contributed by atoms with Crippen LogP contribution in [0.3, 0.4) is 0 Å². The molecule has 0 saturated carbocycles. The highest BCUT2D eigenvalue weighted by Gasteiger charge is 2.25. The third-order valence-corrected chi connectivity index (χ3v) is 4.69. The highest BCUT2D eigenvalue weighted by atomic mass is 16.5. The molecule has 1 aromatic carbocycles. The van der Waals surface area contributed by atoms with Crippen molar-refractivity contribution in [2.75, 3.05) is 33.3 Å². The summed E-state index contributed by atoms with van der Waals surface area (Å²) in [6.07, 6.45) is 1.60. The summed E-state index contributed by atoms with van der Waals surface area (Å²) in [4.78, 5) is 30.1. The van der Waals surface area contributed by atoms with E-state index in [-0.39, 0.29) is 11.7 Å². The van der Waals surface area contributed by atoms with Crippen molar-refractivity contribution in [1.82, 2.24) is 9.88 Å². The third kappa shape index (κ3) is 4.09. The summed E-state index contributed by atoms with van der Waals surface area (Å²) in [7, 11) is 1.67. The Hall–Kier alpha value is -2.60. The molecule has 25 heavy (non-hydrogen) atoms. The minimum absolute atomic E-state index is 0.0315. The van der Waals surface area contributed by atoms with E-state index in [0.29, 0.717) is 11.3 Å². The Bertz CT molecular complexity index is 744. The maximum atomic E-state index is 12.5. The Kier molecular flexibility index (Phi) is 5.19. The summed E-state index contributed by atoms with van der Waals surface area (Å²) in [5.41, 5.74) is 2.31. The maximum Gasteiger partial charge on any atom is 0.270 e. The normalized spacial score (nSPS) is 15.2. The van der Waals surface area contributed by atoms with Crippen molar-refractivity contribution in [2.45, 2.75) is 13.5 Å². The molecule has 2 heterocycles. The summed E-state index contributed by atoms with van der Waals surface area (Å²) >= 11 is 0. The molecular weight excluding hydrogens is 318 g/mol. The van der Waals surface area contributed by atoms with Gasteiger partial charge in [-0.15, -0.1) is 0 Å². The van der Waals surface area contributed by atoms with Crippen molar-refractivity contribution < 1.29 is 19.2 Å². The molecular formula is C19H24N3O3+. The number of hydrogen-bond acceptors (Lipinski definition) is 3. The quantitative estimate of drug-likeness (QED) is 0.789. The van der Waals surface area contributed by atoms with E-state index in [1.165, 1.54) is 17.4 Å². The number of methoxy groups -OCH3 is 1. The summed E-state index contributed by atoms with van der Waals surface area (Å²) < 4.78 is 5.18. The van der Waals surface area contributed by atoms with Crippen LogP contribution in [0.5, 0.6) is 5.75 Å². The summed E-state index contributed by atoms with van der Waals surface area (Å²) in [6.45, 7) is 5.72. The van der Waals surface area contributed by atoms with Gasteiger partial charge in [0.05, 0.1) is 33.3 Å².